The van der Waals surface area contributed by atoms with E-state index in [2.05, 4.69) is 11.9 Å². The Kier molecular flexibility index (Phi) is 6.99. The monoisotopic (exact) mass is 492 g/mol. The molecule has 37 heavy (non-hydrogen) atoms. The van der Waals surface area contributed by atoms with Crippen LogP contribution in [0.1, 0.15) is 43.4 Å². The fraction of sp³-hybridized carbons (Fsp3) is 0.194. The highest BCUT2D eigenvalue weighted by atomic mass is 16.5. The molecule has 4 aromatic rings. The zero-order chi connectivity index (χ0) is 25.8. The third-order valence-electron chi connectivity index (χ3n) is 6.64. The van der Waals surface area contributed by atoms with Gasteiger partial charge in [-0.1, -0.05) is 56.2 Å². The summed E-state index contributed by atoms with van der Waals surface area (Å²) < 4.78 is 5.78. The van der Waals surface area contributed by atoms with Crippen LogP contribution in [0.5, 0.6) is 5.75 Å². The van der Waals surface area contributed by atoms with Crippen LogP contribution in [-0.2, 0) is 9.59 Å². The first kappa shape index (κ1) is 24.3. The first-order chi connectivity index (χ1) is 18.1. The van der Waals surface area contributed by atoms with Gasteiger partial charge in [-0.15, -0.1) is 0 Å². The number of anilines is 1. The Hall–Kier alpha value is -4.45. The van der Waals surface area contributed by atoms with Gasteiger partial charge in [0.25, 0.3) is 11.7 Å². The molecule has 1 aliphatic rings. The summed E-state index contributed by atoms with van der Waals surface area (Å²) in [6.45, 7) is 2.76. The molecular formula is C31H28N2O4. The van der Waals surface area contributed by atoms with Crippen molar-refractivity contribution >= 4 is 33.9 Å². The van der Waals surface area contributed by atoms with E-state index in [1.165, 1.54) is 4.90 Å². The van der Waals surface area contributed by atoms with E-state index in [9.17, 15) is 14.7 Å². The molecule has 1 aliphatic heterocycles. The van der Waals surface area contributed by atoms with Crippen molar-refractivity contribution in [3.05, 3.63) is 108 Å². The van der Waals surface area contributed by atoms with Crippen molar-refractivity contribution in [3.63, 3.8) is 0 Å². The molecule has 1 amide bonds. The molecule has 1 saturated heterocycles. The van der Waals surface area contributed by atoms with Crippen LogP contribution in [0.2, 0.25) is 0 Å². The fourth-order valence-electron chi connectivity index (χ4n) is 4.77. The molecular weight excluding hydrogens is 464 g/mol. The van der Waals surface area contributed by atoms with Crippen LogP contribution in [0.4, 0.5) is 5.69 Å². The number of unbranched alkanes of at least 4 members (excludes halogenated alkanes) is 2. The second-order valence-corrected chi connectivity index (χ2v) is 9.03. The number of hydrogen-bond donors (Lipinski definition) is 1. The van der Waals surface area contributed by atoms with E-state index in [1.54, 1.807) is 48.8 Å². The number of benzene rings is 3. The van der Waals surface area contributed by atoms with Crippen molar-refractivity contribution < 1.29 is 19.4 Å². The fourth-order valence-corrected chi connectivity index (χ4v) is 4.77. The Morgan fingerprint density at radius 1 is 0.919 bits per heavy atom. The summed E-state index contributed by atoms with van der Waals surface area (Å²) in [4.78, 5) is 32.5. The maximum absolute atomic E-state index is 13.5. The van der Waals surface area contributed by atoms with Crippen molar-refractivity contribution in [2.45, 2.75) is 32.2 Å². The largest absolute Gasteiger partial charge is 0.507 e. The summed E-state index contributed by atoms with van der Waals surface area (Å²) in [6, 6.07) is 23.0. The number of nitrogens with zero attached hydrogens (tertiary/aromatic N) is 2. The van der Waals surface area contributed by atoms with E-state index in [1.807, 2.05) is 42.5 Å². The maximum atomic E-state index is 13.5. The minimum absolute atomic E-state index is 0.0424. The zero-order valence-electron chi connectivity index (χ0n) is 20.6. The van der Waals surface area contributed by atoms with Gasteiger partial charge in [0.05, 0.1) is 23.9 Å². The van der Waals surface area contributed by atoms with Gasteiger partial charge in [-0.3, -0.25) is 19.5 Å². The molecule has 2 heterocycles. The molecule has 0 spiro atoms. The van der Waals surface area contributed by atoms with Crippen LogP contribution in [0.3, 0.4) is 0 Å². The summed E-state index contributed by atoms with van der Waals surface area (Å²) in [5, 5.41) is 13.2. The van der Waals surface area contributed by atoms with Gasteiger partial charge in [-0.2, -0.15) is 0 Å². The van der Waals surface area contributed by atoms with E-state index in [0.29, 0.717) is 29.2 Å². The van der Waals surface area contributed by atoms with Crippen LogP contribution in [0, 0.1) is 0 Å². The quantitative estimate of drug-likeness (QED) is 0.133. The molecule has 1 aromatic heterocycles. The number of aliphatic hydroxyl groups excluding tert-OH is 1. The summed E-state index contributed by atoms with van der Waals surface area (Å²) in [5.74, 6) is -0.947. The number of ether oxygens (including phenoxy) is 1. The molecule has 186 valence electrons. The molecule has 1 unspecified atom stereocenters. The Balaban J connectivity index is 1.59. The number of carbonyl (C=O) groups is 2. The molecule has 1 N–H and O–H groups in total. The first-order valence-corrected chi connectivity index (χ1v) is 12.5. The van der Waals surface area contributed by atoms with Crippen molar-refractivity contribution in [1.82, 2.24) is 4.98 Å². The number of aliphatic hydroxyl groups is 1. The smallest absolute Gasteiger partial charge is 0.300 e. The molecule has 0 bridgehead atoms. The lowest BCUT2D eigenvalue weighted by molar-refractivity contribution is -0.132. The minimum Gasteiger partial charge on any atom is -0.507 e. The third-order valence-corrected chi connectivity index (χ3v) is 6.64. The van der Waals surface area contributed by atoms with Crippen LogP contribution in [0.25, 0.3) is 16.5 Å². The van der Waals surface area contributed by atoms with Crippen LogP contribution in [-0.4, -0.2) is 28.4 Å². The van der Waals surface area contributed by atoms with Crippen molar-refractivity contribution in [1.29, 1.82) is 0 Å². The predicted octanol–water partition coefficient (Wildman–Crippen LogP) is 6.43. The third kappa shape index (κ3) is 4.70. The second-order valence-electron chi connectivity index (χ2n) is 9.03. The molecule has 0 radical (unpaired) electrons. The standard InChI is InChI=1S/C31H28N2O4/c1-2-3-6-20-37-24-14-12-23(13-15-24)29(34)27-28(22-16-18-32-19-17-22)33(31(36)30(27)35)26-11-7-9-21-8-4-5-10-25(21)26/h4-5,7-19,28,34H,2-3,6,20H2,1H3/b29-27+. The summed E-state index contributed by atoms with van der Waals surface area (Å²) in [5.41, 5.74) is 1.77. The van der Waals surface area contributed by atoms with E-state index in [4.69, 9.17) is 4.74 Å². The first-order valence-electron chi connectivity index (χ1n) is 12.5. The summed E-state index contributed by atoms with van der Waals surface area (Å²) in [7, 11) is 0. The van der Waals surface area contributed by atoms with Crippen molar-refractivity contribution in [2.75, 3.05) is 11.5 Å². The van der Waals surface area contributed by atoms with Crippen LogP contribution >= 0.6 is 0 Å². The summed E-state index contributed by atoms with van der Waals surface area (Å²) in [6.07, 6.45) is 6.42. The molecule has 6 nitrogen and oxygen atoms in total. The normalized spacial score (nSPS) is 16.9. The number of carbonyl (C=O) groups excluding carboxylic acids is 2. The van der Waals surface area contributed by atoms with Gasteiger partial charge < -0.3 is 9.84 Å². The topological polar surface area (TPSA) is 79.7 Å². The van der Waals surface area contributed by atoms with E-state index >= 15 is 0 Å². The lowest BCUT2D eigenvalue weighted by Crippen LogP contribution is -2.29. The second kappa shape index (κ2) is 10.7. The number of aromatic nitrogens is 1. The Morgan fingerprint density at radius 2 is 1.65 bits per heavy atom. The van der Waals surface area contributed by atoms with Crippen molar-refractivity contribution in [3.8, 4) is 5.75 Å². The average Bonchev–Trinajstić information content (AvgIpc) is 3.21. The number of Topliss-reactive ketones (excluding diaryl/α,β-unsaturated/α-hetero) is 1. The zero-order valence-corrected chi connectivity index (χ0v) is 20.6. The van der Waals surface area contributed by atoms with Gasteiger partial charge in [0.1, 0.15) is 11.5 Å². The predicted molar refractivity (Wildman–Crippen MR) is 144 cm³/mol. The lowest BCUT2D eigenvalue weighted by atomic mass is 9.95. The van der Waals surface area contributed by atoms with E-state index < -0.39 is 17.7 Å². The highest BCUT2D eigenvalue weighted by Gasteiger charge is 2.47. The van der Waals surface area contributed by atoms with Crippen LogP contribution in [0.15, 0.2) is 96.8 Å². The lowest BCUT2D eigenvalue weighted by Gasteiger charge is -2.26. The van der Waals surface area contributed by atoms with E-state index in [0.717, 1.165) is 30.0 Å². The number of fused-ring (bicyclic) bond motifs is 1. The molecule has 1 fully saturated rings. The number of pyridine rings is 1. The molecule has 0 saturated carbocycles. The highest BCUT2D eigenvalue weighted by molar-refractivity contribution is 6.52. The van der Waals surface area contributed by atoms with E-state index in [-0.39, 0.29) is 11.3 Å². The van der Waals surface area contributed by atoms with Gasteiger partial charge in [-0.05, 0) is 59.8 Å². The van der Waals surface area contributed by atoms with Gasteiger partial charge in [0.2, 0.25) is 0 Å². The molecule has 5 rings (SSSR count). The highest BCUT2D eigenvalue weighted by Crippen LogP contribution is 2.44. The Labute approximate surface area is 215 Å². The molecule has 3 aromatic carbocycles. The molecule has 0 aliphatic carbocycles. The van der Waals surface area contributed by atoms with Crippen molar-refractivity contribution in [2.24, 2.45) is 0 Å². The molecule has 1 atom stereocenters. The van der Waals surface area contributed by atoms with Gasteiger partial charge in [0, 0.05) is 23.3 Å². The van der Waals surface area contributed by atoms with Gasteiger partial charge >= 0.3 is 0 Å². The summed E-state index contributed by atoms with van der Waals surface area (Å²) >= 11 is 0. The number of rotatable bonds is 8. The van der Waals surface area contributed by atoms with Gasteiger partial charge in [0.15, 0.2) is 0 Å². The Bertz CT molecular complexity index is 1460. The SMILES string of the molecule is CCCCCOc1ccc(/C(O)=C2\C(=O)C(=O)N(c3cccc4ccccc34)C2c2ccncc2)cc1. The maximum Gasteiger partial charge on any atom is 0.300 e. The van der Waals surface area contributed by atoms with Gasteiger partial charge in [-0.25, -0.2) is 0 Å². The minimum atomic E-state index is -0.807. The number of hydrogen-bond acceptors (Lipinski definition) is 5. The van der Waals surface area contributed by atoms with Crippen LogP contribution < -0.4 is 9.64 Å². The number of amides is 1. The average molecular weight is 493 g/mol. The molecule has 6 heteroatoms. The Morgan fingerprint density at radius 3 is 2.41 bits per heavy atom. The number of ketones is 1.